The fraction of sp³-hybridized carbons (Fsp3) is 0.455. The van der Waals surface area contributed by atoms with Crippen molar-refractivity contribution < 1.29 is 9.84 Å². The average molecular weight is 195 g/mol. The van der Waals surface area contributed by atoms with Gasteiger partial charge in [0.2, 0.25) is 0 Å². The Morgan fingerprint density at radius 3 is 2.36 bits per heavy atom. The van der Waals surface area contributed by atoms with E-state index in [9.17, 15) is 5.11 Å². The Morgan fingerprint density at radius 1 is 1.36 bits per heavy atom. The van der Waals surface area contributed by atoms with Crippen molar-refractivity contribution in [1.82, 2.24) is 0 Å². The minimum atomic E-state index is -0.0526. The smallest absolute Gasteiger partial charge is 0.161 e. The van der Waals surface area contributed by atoms with Crippen LogP contribution >= 0.6 is 0 Å². The van der Waals surface area contributed by atoms with Crippen LogP contribution in [0.4, 0.5) is 0 Å². The van der Waals surface area contributed by atoms with Crippen LogP contribution in [0.15, 0.2) is 6.07 Å². The Kier molecular flexibility index (Phi) is 3.01. The molecule has 0 aliphatic carbocycles. The first-order chi connectivity index (χ1) is 6.49. The highest BCUT2D eigenvalue weighted by Crippen LogP contribution is 2.35. The predicted molar refractivity (Wildman–Crippen MR) is 56.7 cm³/mol. The maximum Gasteiger partial charge on any atom is 0.161 e. The summed E-state index contributed by atoms with van der Waals surface area (Å²) >= 11 is 0. The van der Waals surface area contributed by atoms with Crippen molar-refractivity contribution in [2.45, 2.75) is 26.8 Å². The molecule has 0 radical (unpaired) electrons. The molecule has 0 fully saturated rings. The minimum absolute atomic E-state index is 0.0526. The van der Waals surface area contributed by atoms with Gasteiger partial charge in [-0.15, -0.1) is 0 Å². The van der Waals surface area contributed by atoms with E-state index in [0.717, 1.165) is 16.7 Å². The number of hydrogen-bond acceptors (Lipinski definition) is 3. The van der Waals surface area contributed by atoms with Crippen LogP contribution in [0.2, 0.25) is 0 Å². The maximum atomic E-state index is 9.72. The SMILES string of the molecule is COc1cc(C(C)N)c(C)c(C)c1O. The number of rotatable bonds is 2. The van der Waals surface area contributed by atoms with Gasteiger partial charge in [-0.2, -0.15) is 0 Å². The molecule has 78 valence electrons. The average Bonchev–Trinajstić information content (AvgIpc) is 2.14. The second kappa shape index (κ2) is 3.88. The van der Waals surface area contributed by atoms with Crippen molar-refractivity contribution in [3.8, 4) is 11.5 Å². The summed E-state index contributed by atoms with van der Waals surface area (Å²) in [7, 11) is 1.54. The van der Waals surface area contributed by atoms with E-state index >= 15 is 0 Å². The lowest BCUT2D eigenvalue weighted by Gasteiger charge is -2.16. The van der Waals surface area contributed by atoms with E-state index in [2.05, 4.69) is 0 Å². The van der Waals surface area contributed by atoms with E-state index in [4.69, 9.17) is 10.5 Å². The van der Waals surface area contributed by atoms with Crippen LogP contribution in [0, 0.1) is 13.8 Å². The summed E-state index contributed by atoms with van der Waals surface area (Å²) in [5.74, 6) is 0.690. The Morgan fingerprint density at radius 2 is 1.93 bits per heavy atom. The highest BCUT2D eigenvalue weighted by atomic mass is 16.5. The van der Waals surface area contributed by atoms with Crippen LogP contribution in [0.1, 0.15) is 29.7 Å². The number of nitrogens with two attached hydrogens (primary N) is 1. The Hall–Kier alpha value is -1.22. The van der Waals surface area contributed by atoms with Gasteiger partial charge in [0, 0.05) is 6.04 Å². The summed E-state index contributed by atoms with van der Waals surface area (Å²) in [5.41, 5.74) is 8.69. The monoisotopic (exact) mass is 195 g/mol. The van der Waals surface area contributed by atoms with Crippen molar-refractivity contribution in [2.24, 2.45) is 5.73 Å². The van der Waals surface area contributed by atoms with Crippen LogP contribution < -0.4 is 10.5 Å². The summed E-state index contributed by atoms with van der Waals surface area (Å²) in [6, 6.07) is 1.74. The standard InChI is InChI=1S/C11H17NO2/c1-6-7(2)11(13)10(14-4)5-9(6)8(3)12/h5,8,13H,12H2,1-4H3. The molecule has 0 saturated carbocycles. The molecule has 0 amide bonds. The zero-order chi connectivity index (χ0) is 10.9. The number of phenolic OH excluding ortho intramolecular Hbond substituents is 1. The van der Waals surface area contributed by atoms with Crippen molar-refractivity contribution in [3.05, 3.63) is 22.8 Å². The van der Waals surface area contributed by atoms with Crippen LogP contribution in [-0.4, -0.2) is 12.2 Å². The van der Waals surface area contributed by atoms with Gasteiger partial charge in [0.05, 0.1) is 7.11 Å². The van der Waals surface area contributed by atoms with Gasteiger partial charge in [-0.25, -0.2) is 0 Å². The normalized spacial score (nSPS) is 12.6. The molecule has 0 spiro atoms. The Bertz CT molecular complexity index is 346. The molecule has 0 bridgehead atoms. The fourth-order valence-corrected chi connectivity index (χ4v) is 1.53. The first-order valence-corrected chi connectivity index (χ1v) is 4.61. The lowest BCUT2D eigenvalue weighted by Crippen LogP contribution is -2.08. The highest BCUT2D eigenvalue weighted by Gasteiger charge is 2.13. The quantitative estimate of drug-likeness (QED) is 0.759. The summed E-state index contributed by atoms with van der Waals surface area (Å²) < 4.78 is 5.07. The maximum absolute atomic E-state index is 9.72. The number of hydrogen-bond donors (Lipinski definition) is 2. The fourth-order valence-electron chi connectivity index (χ4n) is 1.53. The number of ether oxygens (including phenoxy) is 1. The molecular formula is C11H17NO2. The number of benzene rings is 1. The van der Waals surface area contributed by atoms with E-state index in [1.807, 2.05) is 20.8 Å². The molecule has 14 heavy (non-hydrogen) atoms. The third-order valence-electron chi connectivity index (χ3n) is 2.58. The summed E-state index contributed by atoms with van der Waals surface area (Å²) in [5, 5.41) is 9.72. The van der Waals surface area contributed by atoms with Gasteiger partial charge in [-0.3, -0.25) is 0 Å². The molecule has 1 unspecified atom stereocenters. The predicted octanol–water partition coefficient (Wildman–Crippen LogP) is 2.04. The lowest BCUT2D eigenvalue weighted by molar-refractivity contribution is 0.370. The number of phenols is 1. The van der Waals surface area contributed by atoms with Gasteiger partial charge >= 0.3 is 0 Å². The van der Waals surface area contributed by atoms with Gasteiger partial charge in [-0.1, -0.05) is 0 Å². The number of aromatic hydroxyl groups is 1. The summed E-state index contributed by atoms with van der Waals surface area (Å²) in [4.78, 5) is 0. The van der Waals surface area contributed by atoms with Gasteiger partial charge in [0.1, 0.15) is 0 Å². The van der Waals surface area contributed by atoms with Crippen LogP contribution in [0.5, 0.6) is 11.5 Å². The molecule has 0 aliphatic rings. The van der Waals surface area contributed by atoms with Crippen LogP contribution in [0.3, 0.4) is 0 Å². The molecule has 1 aromatic carbocycles. The largest absolute Gasteiger partial charge is 0.504 e. The Labute approximate surface area is 84.5 Å². The molecule has 0 aliphatic heterocycles. The molecule has 0 saturated heterocycles. The molecule has 3 N–H and O–H groups in total. The first kappa shape index (κ1) is 10.9. The zero-order valence-corrected chi connectivity index (χ0v) is 9.09. The third kappa shape index (κ3) is 1.68. The molecule has 1 rings (SSSR count). The van der Waals surface area contributed by atoms with Crippen LogP contribution in [0.25, 0.3) is 0 Å². The second-order valence-electron chi connectivity index (χ2n) is 3.56. The molecule has 0 aromatic heterocycles. The van der Waals surface area contributed by atoms with Gasteiger partial charge in [0.25, 0.3) is 0 Å². The minimum Gasteiger partial charge on any atom is -0.504 e. The Balaban J connectivity index is 3.40. The van der Waals surface area contributed by atoms with E-state index in [1.54, 1.807) is 6.07 Å². The molecule has 3 heteroatoms. The first-order valence-electron chi connectivity index (χ1n) is 4.61. The van der Waals surface area contributed by atoms with E-state index < -0.39 is 0 Å². The van der Waals surface area contributed by atoms with Crippen molar-refractivity contribution in [3.63, 3.8) is 0 Å². The van der Waals surface area contributed by atoms with Crippen LogP contribution in [-0.2, 0) is 0 Å². The van der Waals surface area contributed by atoms with Gasteiger partial charge < -0.3 is 15.6 Å². The number of methoxy groups -OCH3 is 1. The van der Waals surface area contributed by atoms with E-state index in [0.29, 0.717) is 5.75 Å². The molecule has 0 heterocycles. The van der Waals surface area contributed by atoms with E-state index in [1.165, 1.54) is 7.11 Å². The van der Waals surface area contributed by atoms with E-state index in [-0.39, 0.29) is 11.8 Å². The highest BCUT2D eigenvalue weighted by molar-refractivity contribution is 5.53. The topological polar surface area (TPSA) is 55.5 Å². The van der Waals surface area contributed by atoms with Crippen molar-refractivity contribution in [1.29, 1.82) is 0 Å². The summed E-state index contributed by atoms with van der Waals surface area (Å²) in [6.07, 6.45) is 0. The third-order valence-corrected chi connectivity index (χ3v) is 2.58. The van der Waals surface area contributed by atoms with Gasteiger partial charge in [0.15, 0.2) is 11.5 Å². The second-order valence-corrected chi connectivity index (χ2v) is 3.56. The van der Waals surface area contributed by atoms with Crippen molar-refractivity contribution in [2.75, 3.05) is 7.11 Å². The summed E-state index contributed by atoms with van der Waals surface area (Å²) in [6.45, 7) is 5.73. The lowest BCUT2D eigenvalue weighted by atomic mass is 9.97. The molecule has 3 nitrogen and oxygen atoms in total. The van der Waals surface area contributed by atoms with Gasteiger partial charge in [-0.05, 0) is 43.5 Å². The molecular weight excluding hydrogens is 178 g/mol. The molecule has 1 atom stereocenters. The molecule has 1 aromatic rings. The van der Waals surface area contributed by atoms with Crippen molar-refractivity contribution >= 4 is 0 Å². The zero-order valence-electron chi connectivity index (χ0n) is 9.09.